The molecule has 0 bridgehead atoms. The Morgan fingerprint density at radius 1 is 1.28 bits per heavy atom. The van der Waals surface area contributed by atoms with Crippen LogP contribution in [0.15, 0.2) is 39.8 Å². The number of sulfonamides is 1. The van der Waals surface area contributed by atoms with Crippen LogP contribution >= 0.6 is 39.1 Å². The molecule has 5 nitrogen and oxygen atoms in total. The summed E-state index contributed by atoms with van der Waals surface area (Å²) < 4.78 is 33.8. The van der Waals surface area contributed by atoms with E-state index in [1.165, 1.54) is 16.4 Å². The maximum absolute atomic E-state index is 12.9. The van der Waals surface area contributed by atoms with E-state index in [0.717, 1.165) is 4.47 Å². The molecule has 0 spiro atoms. The average molecular weight is 466 g/mol. The van der Waals surface area contributed by atoms with E-state index in [1.54, 1.807) is 19.2 Å². The number of nitrogens with zero attached hydrogens (tertiary/aromatic N) is 2. The SMILES string of the molecule is Cc1cc(S(=O)(=O)N2CCC(Oc3ccc(Br)cn3)C2)c(Cl)cc1Cl. The summed E-state index contributed by atoms with van der Waals surface area (Å²) in [6.07, 6.45) is 1.96. The Bertz CT molecular complexity index is 891. The predicted molar refractivity (Wildman–Crippen MR) is 101 cm³/mol. The summed E-state index contributed by atoms with van der Waals surface area (Å²) in [6.45, 7) is 2.35. The molecule has 0 radical (unpaired) electrons. The molecule has 1 unspecified atom stereocenters. The van der Waals surface area contributed by atoms with Gasteiger partial charge in [-0.25, -0.2) is 13.4 Å². The monoisotopic (exact) mass is 464 g/mol. The minimum atomic E-state index is -3.71. The van der Waals surface area contributed by atoms with Gasteiger partial charge in [0.15, 0.2) is 0 Å². The number of halogens is 3. The van der Waals surface area contributed by atoms with Crippen LogP contribution in [0.25, 0.3) is 0 Å². The number of hydrogen-bond acceptors (Lipinski definition) is 4. The van der Waals surface area contributed by atoms with Crippen molar-refractivity contribution < 1.29 is 13.2 Å². The fourth-order valence-electron chi connectivity index (χ4n) is 2.58. The van der Waals surface area contributed by atoms with E-state index >= 15 is 0 Å². The average Bonchev–Trinajstić information content (AvgIpc) is 3.02. The third kappa shape index (κ3) is 4.11. The molecule has 2 aromatic rings. The normalized spacial score (nSPS) is 18.5. The van der Waals surface area contributed by atoms with Crippen LogP contribution in [0.3, 0.4) is 0 Å². The van der Waals surface area contributed by atoms with Crippen LogP contribution in [0.4, 0.5) is 0 Å². The second kappa shape index (κ2) is 7.40. The molecule has 1 aromatic carbocycles. The molecule has 134 valence electrons. The molecule has 0 N–H and O–H groups in total. The smallest absolute Gasteiger partial charge is 0.244 e. The molecule has 0 saturated carbocycles. The lowest BCUT2D eigenvalue weighted by Crippen LogP contribution is -2.31. The van der Waals surface area contributed by atoms with Crippen molar-refractivity contribution in [2.24, 2.45) is 0 Å². The number of benzene rings is 1. The highest BCUT2D eigenvalue weighted by Crippen LogP contribution is 2.32. The first-order valence-electron chi connectivity index (χ1n) is 7.51. The number of aryl methyl sites for hydroxylation is 1. The summed E-state index contributed by atoms with van der Waals surface area (Å²) in [4.78, 5) is 4.22. The predicted octanol–water partition coefficient (Wildman–Crippen LogP) is 4.30. The fraction of sp³-hybridized carbons (Fsp3) is 0.312. The summed E-state index contributed by atoms with van der Waals surface area (Å²) in [7, 11) is -3.71. The van der Waals surface area contributed by atoms with Crippen LogP contribution < -0.4 is 4.74 Å². The summed E-state index contributed by atoms with van der Waals surface area (Å²) in [6, 6.07) is 6.52. The van der Waals surface area contributed by atoms with Gasteiger partial charge in [0.05, 0.1) is 11.6 Å². The quantitative estimate of drug-likeness (QED) is 0.675. The Morgan fingerprint density at radius 2 is 2.04 bits per heavy atom. The number of hydrogen-bond donors (Lipinski definition) is 0. The molecule has 1 saturated heterocycles. The van der Waals surface area contributed by atoms with Gasteiger partial charge in [-0.2, -0.15) is 4.31 Å². The largest absolute Gasteiger partial charge is 0.473 e. The zero-order valence-electron chi connectivity index (χ0n) is 13.2. The summed E-state index contributed by atoms with van der Waals surface area (Å²) in [5.41, 5.74) is 0.663. The molecule has 1 aliphatic heterocycles. The summed E-state index contributed by atoms with van der Waals surface area (Å²) in [5, 5.41) is 0.558. The van der Waals surface area contributed by atoms with Crippen molar-refractivity contribution in [2.75, 3.05) is 13.1 Å². The van der Waals surface area contributed by atoms with Gasteiger partial charge >= 0.3 is 0 Å². The number of ether oxygens (including phenoxy) is 1. The van der Waals surface area contributed by atoms with Crippen molar-refractivity contribution in [3.8, 4) is 5.88 Å². The number of pyridine rings is 1. The topological polar surface area (TPSA) is 59.5 Å². The molecule has 1 atom stereocenters. The number of aromatic nitrogens is 1. The molecule has 1 fully saturated rings. The molecule has 1 aromatic heterocycles. The molecule has 25 heavy (non-hydrogen) atoms. The van der Waals surface area contributed by atoms with E-state index in [1.807, 2.05) is 6.07 Å². The van der Waals surface area contributed by atoms with E-state index in [4.69, 9.17) is 27.9 Å². The second-order valence-electron chi connectivity index (χ2n) is 5.74. The van der Waals surface area contributed by atoms with Gasteiger partial charge in [0.25, 0.3) is 0 Å². The Labute approximate surface area is 165 Å². The zero-order valence-corrected chi connectivity index (χ0v) is 17.2. The Hall–Kier alpha value is -0.860. The first kappa shape index (κ1) is 18.9. The van der Waals surface area contributed by atoms with E-state index < -0.39 is 10.0 Å². The van der Waals surface area contributed by atoms with Crippen molar-refractivity contribution >= 4 is 49.2 Å². The van der Waals surface area contributed by atoms with E-state index in [0.29, 0.717) is 29.4 Å². The molecule has 0 amide bonds. The molecule has 2 heterocycles. The van der Waals surface area contributed by atoms with Crippen LogP contribution in [0.5, 0.6) is 5.88 Å². The molecule has 0 aliphatic carbocycles. The molecule has 3 rings (SSSR count). The van der Waals surface area contributed by atoms with E-state index in [9.17, 15) is 8.42 Å². The van der Waals surface area contributed by atoms with Gasteiger partial charge in [0.2, 0.25) is 15.9 Å². The molecular weight excluding hydrogens is 451 g/mol. The summed E-state index contributed by atoms with van der Waals surface area (Å²) >= 11 is 15.4. The standard InChI is InChI=1S/C16H15BrCl2N2O3S/c1-10-6-15(14(19)7-13(10)18)25(22,23)21-5-4-12(9-21)24-16-3-2-11(17)8-20-16/h2-3,6-8,12H,4-5,9H2,1H3. The lowest BCUT2D eigenvalue weighted by atomic mass is 10.2. The fourth-order valence-corrected chi connectivity index (χ4v) is 5.11. The highest BCUT2D eigenvalue weighted by molar-refractivity contribution is 9.10. The Balaban J connectivity index is 1.76. The summed E-state index contributed by atoms with van der Waals surface area (Å²) in [5.74, 6) is 0.466. The molecular formula is C16H15BrCl2N2O3S. The van der Waals surface area contributed by atoms with Crippen LogP contribution in [0.1, 0.15) is 12.0 Å². The van der Waals surface area contributed by atoms with Crippen molar-refractivity contribution in [2.45, 2.75) is 24.3 Å². The Morgan fingerprint density at radius 3 is 2.72 bits per heavy atom. The van der Waals surface area contributed by atoms with Crippen LogP contribution in [0, 0.1) is 6.92 Å². The van der Waals surface area contributed by atoms with Crippen LogP contribution in [0.2, 0.25) is 10.0 Å². The first-order valence-corrected chi connectivity index (χ1v) is 10.5. The van der Waals surface area contributed by atoms with Gasteiger partial charge in [-0.1, -0.05) is 23.2 Å². The highest BCUT2D eigenvalue weighted by atomic mass is 79.9. The maximum atomic E-state index is 12.9. The zero-order chi connectivity index (χ0) is 18.2. The maximum Gasteiger partial charge on any atom is 0.244 e. The molecule has 1 aliphatic rings. The first-order chi connectivity index (χ1) is 11.8. The molecule has 9 heteroatoms. The van der Waals surface area contributed by atoms with E-state index in [-0.39, 0.29) is 22.6 Å². The lowest BCUT2D eigenvalue weighted by Gasteiger charge is -2.18. The lowest BCUT2D eigenvalue weighted by molar-refractivity contribution is 0.207. The van der Waals surface area contributed by atoms with Crippen LogP contribution in [-0.4, -0.2) is 36.9 Å². The van der Waals surface area contributed by atoms with Crippen molar-refractivity contribution in [1.29, 1.82) is 0 Å². The van der Waals surface area contributed by atoms with Crippen molar-refractivity contribution in [3.63, 3.8) is 0 Å². The van der Waals surface area contributed by atoms with E-state index in [2.05, 4.69) is 20.9 Å². The van der Waals surface area contributed by atoms with Gasteiger partial charge in [-0.05, 0) is 53.0 Å². The van der Waals surface area contributed by atoms with Gasteiger partial charge in [0.1, 0.15) is 11.0 Å². The van der Waals surface area contributed by atoms with Gasteiger partial charge in [-0.3, -0.25) is 0 Å². The highest BCUT2D eigenvalue weighted by Gasteiger charge is 2.35. The van der Waals surface area contributed by atoms with Crippen molar-refractivity contribution in [3.05, 3.63) is 50.5 Å². The van der Waals surface area contributed by atoms with Gasteiger partial charge in [-0.15, -0.1) is 0 Å². The third-order valence-corrected chi connectivity index (χ3v) is 7.13. The Kier molecular flexibility index (Phi) is 5.60. The van der Waals surface area contributed by atoms with Gasteiger partial charge in [0, 0.05) is 28.3 Å². The second-order valence-corrected chi connectivity index (χ2v) is 9.37. The minimum absolute atomic E-state index is 0.0680. The van der Waals surface area contributed by atoms with Crippen molar-refractivity contribution in [1.82, 2.24) is 9.29 Å². The third-order valence-electron chi connectivity index (χ3n) is 3.93. The van der Waals surface area contributed by atoms with Gasteiger partial charge < -0.3 is 4.74 Å². The van der Waals surface area contributed by atoms with Crippen LogP contribution in [-0.2, 0) is 10.0 Å². The minimum Gasteiger partial charge on any atom is -0.473 e. The number of rotatable bonds is 4.